The minimum Gasteiger partial charge on any atom is -0.126 e. The summed E-state index contributed by atoms with van der Waals surface area (Å²) < 4.78 is 0. The molecule has 2 rings (SSSR count). The Kier molecular flexibility index (Phi) is 3.18. The predicted molar refractivity (Wildman–Crippen MR) is 58.2 cm³/mol. The van der Waals surface area contributed by atoms with Gasteiger partial charge in [-0.1, -0.05) is 32.1 Å². The summed E-state index contributed by atoms with van der Waals surface area (Å²) in [5, 5.41) is 0. The summed E-state index contributed by atoms with van der Waals surface area (Å²) in [6.07, 6.45) is 13.1. The second-order valence-corrected chi connectivity index (χ2v) is 5.31. The van der Waals surface area contributed by atoms with E-state index in [1.165, 1.54) is 57.8 Å². The molecule has 0 heterocycles. The van der Waals surface area contributed by atoms with Gasteiger partial charge in [-0.2, -0.15) is 0 Å². The van der Waals surface area contributed by atoms with E-state index in [0.29, 0.717) is 5.41 Å². The first-order valence-corrected chi connectivity index (χ1v) is 6.47. The molecule has 0 amide bonds. The third-order valence-electron chi connectivity index (χ3n) is 4.34. The van der Waals surface area contributed by atoms with Gasteiger partial charge in [-0.15, -0.1) is 11.6 Å². The average Bonchev–Trinajstić information content (AvgIpc) is 2.32. The van der Waals surface area contributed by atoms with Gasteiger partial charge in [0, 0.05) is 5.88 Å². The fourth-order valence-electron chi connectivity index (χ4n) is 3.17. The molecule has 0 aliphatic heterocycles. The number of alkyl halides is 1. The highest BCUT2D eigenvalue weighted by molar-refractivity contribution is 6.18. The van der Waals surface area contributed by atoms with Crippen molar-refractivity contribution in [2.24, 2.45) is 11.3 Å². The van der Waals surface area contributed by atoms with Crippen LogP contribution in [0.25, 0.3) is 0 Å². The summed E-state index contributed by atoms with van der Waals surface area (Å²) in [5.41, 5.74) is 0.589. The molecule has 0 N–H and O–H groups in total. The van der Waals surface area contributed by atoms with Crippen molar-refractivity contribution >= 4 is 11.6 Å². The number of rotatable bonds is 2. The lowest BCUT2D eigenvalue weighted by atomic mass is 9.60. The van der Waals surface area contributed by atoms with Gasteiger partial charge < -0.3 is 0 Å². The Morgan fingerprint density at radius 2 is 1.54 bits per heavy atom. The monoisotopic (exact) mass is 200 g/mol. The van der Waals surface area contributed by atoms with Crippen LogP contribution >= 0.6 is 11.6 Å². The SMILES string of the molecule is ClCC1(C2CCCCCC2)CCC1. The van der Waals surface area contributed by atoms with Crippen molar-refractivity contribution in [3.8, 4) is 0 Å². The van der Waals surface area contributed by atoms with E-state index in [4.69, 9.17) is 11.6 Å². The molecule has 0 spiro atoms. The van der Waals surface area contributed by atoms with Crippen LogP contribution in [0, 0.1) is 11.3 Å². The van der Waals surface area contributed by atoms with Gasteiger partial charge in [-0.05, 0) is 37.0 Å². The third-order valence-corrected chi connectivity index (χ3v) is 4.87. The maximum absolute atomic E-state index is 6.15. The van der Waals surface area contributed by atoms with Crippen molar-refractivity contribution in [2.75, 3.05) is 5.88 Å². The van der Waals surface area contributed by atoms with E-state index in [0.717, 1.165) is 11.8 Å². The van der Waals surface area contributed by atoms with E-state index >= 15 is 0 Å². The molecule has 0 nitrogen and oxygen atoms in total. The van der Waals surface area contributed by atoms with Gasteiger partial charge in [0.25, 0.3) is 0 Å². The zero-order valence-electron chi connectivity index (χ0n) is 8.53. The highest BCUT2D eigenvalue weighted by Crippen LogP contribution is 2.52. The normalized spacial score (nSPS) is 29.3. The van der Waals surface area contributed by atoms with Crippen molar-refractivity contribution in [3.63, 3.8) is 0 Å². The molecule has 76 valence electrons. The lowest BCUT2D eigenvalue weighted by Crippen LogP contribution is -2.39. The van der Waals surface area contributed by atoms with E-state index in [2.05, 4.69) is 0 Å². The summed E-state index contributed by atoms with van der Waals surface area (Å²) in [7, 11) is 0. The maximum atomic E-state index is 6.15. The van der Waals surface area contributed by atoms with Gasteiger partial charge >= 0.3 is 0 Å². The van der Waals surface area contributed by atoms with E-state index < -0.39 is 0 Å². The lowest BCUT2D eigenvalue weighted by molar-refractivity contribution is 0.0650. The molecule has 0 bridgehead atoms. The molecule has 0 saturated heterocycles. The summed E-state index contributed by atoms with van der Waals surface area (Å²) in [6, 6.07) is 0. The fraction of sp³-hybridized carbons (Fsp3) is 1.00. The van der Waals surface area contributed by atoms with Crippen LogP contribution in [0.1, 0.15) is 57.8 Å². The maximum Gasteiger partial charge on any atom is 0.0282 e. The molecule has 0 aromatic heterocycles. The standard InChI is InChI=1S/C12H21Cl/c13-10-12(8-5-9-12)11-6-3-1-2-4-7-11/h11H,1-10H2. The second kappa shape index (κ2) is 4.21. The minimum atomic E-state index is 0.589. The van der Waals surface area contributed by atoms with Gasteiger partial charge in [-0.3, -0.25) is 0 Å². The van der Waals surface area contributed by atoms with E-state index in [-0.39, 0.29) is 0 Å². The summed E-state index contributed by atoms with van der Waals surface area (Å²) in [6.45, 7) is 0. The minimum absolute atomic E-state index is 0.589. The van der Waals surface area contributed by atoms with Crippen LogP contribution in [-0.2, 0) is 0 Å². The molecule has 0 aromatic carbocycles. The molecule has 0 unspecified atom stereocenters. The van der Waals surface area contributed by atoms with Crippen LogP contribution in [0.15, 0.2) is 0 Å². The van der Waals surface area contributed by atoms with Crippen LogP contribution in [-0.4, -0.2) is 5.88 Å². The molecule has 1 heteroatoms. The largest absolute Gasteiger partial charge is 0.126 e. The lowest BCUT2D eigenvalue weighted by Gasteiger charge is -2.46. The Balaban J connectivity index is 1.95. The molecule has 2 saturated carbocycles. The summed E-state index contributed by atoms with van der Waals surface area (Å²) in [4.78, 5) is 0. The van der Waals surface area contributed by atoms with E-state index in [1.54, 1.807) is 0 Å². The zero-order valence-corrected chi connectivity index (χ0v) is 9.28. The highest BCUT2D eigenvalue weighted by atomic mass is 35.5. The fourth-order valence-corrected chi connectivity index (χ4v) is 3.66. The smallest absolute Gasteiger partial charge is 0.0282 e. The first-order chi connectivity index (χ1) is 6.37. The topological polar surface area (TPSA) is 0 Å². The van der Waals surface area contributed by atoms with Crippen LogP contribution in [0.5, 0.6) is 0 Å². The second-order valence-electron chi connectivity index (χ2n) is 5.04. The Hall–Kier alpha value is 0.290. The Labute approximate surface area is 87.0 Å². The molecular weight excluding hydrogens is 180 g/mol. The van der Waals surface area contributed by atoms with Crippen molar-refractivity contribution in [2.45, 2.75) is 57.8 Å². The van der Waals surface area contributed by atoms with Crippen LogP contribution in [0.3, 0.4) is 0 Å². The summed E-state index contributed by atoms with van der Waals surface area (Å²) >= 11 is 6.15. The molecule has 0 aromatic rings. The predicted octanol–water partition coefficient (Wildman–Crippen LogP) is 4.37. The van der Waals surface area contributed by atoms with Crippen LogP contribution in [0.4, 0.5) is 0 Å². The van der Waals surface area contributed by atoms with Crippen molar-refractivity contribution in [3.05, 3.63) is 0 Å². The van der Waals surface area contributed by atoms with E-state index in [1.807, 2.05) is 0 Å². The van der Waals surface area contributed by atoms with Gasteiger partial charge in [0.1, 0.15) is 0 Å². The molecule has 2 aliphatic rings. The average molecular weight is 201 g/mol. The van der Waals surface area contributed by atoms with Gasteiger partial charge in [0.2, 0.25) is 0 Å². The Morgan fingerprint density at radius 1 is 0.923 bits per heavy atom. The molecule has 2 aliphatic carbocycles. The number of halogens is 1. The first kappa shape index (κ1) is 9.83. The molecule has 0 radical (unpaired) electrons. The quantitative estimate of drug-likeness (QED) is 0.459. The molecule has 0 atom stereocenters. The Morgan fingerprint density at radius 3 is 1.92 bits per heavy atom. The van der Waals surface area contributed by atoms with E-state index in [9.17, 15) is 0 Å². The van der Waals surface area contributed by atoms with Gasteiger partial charge in [-0.25, -0.2) is 0 Å². The molecule has 13 heavy (non-hydrogen) atoms. The van der Waals surface area contributed by atoms with Crippen molar-refractivity contribution in [1.82, 2.24) is 0 Å². The van der Waals surface area contributed by atoms with Crippen molar-refractivity contribution in [1.29, 1.82) is 0 Å². The number of hydrogen-bond donors (Lipinski definition) is 0. The van der Waals surface area contributed by atoms with Gasteiger partial charge in [0.05, 0.1) is 0 Å². The molecule has 2 fully saturated rings. The Bertz CT molecular complexity index is 147. The number of hydrogen-bond acceptors (Lipinski definition) is 0. The molecular formula is C12H21Cl. The third kappa shape index (κ3) is 1.88. The van der Waals surface area contributed by atoms with Crippen molar-refractivity contribution < 1.29 is 0 Å². The van der Waals surface area contributed by atoms with Crippen LogP contribution in [0.2, 0.25) is 0 Å². The van der Waals surface area contributed by atoms with Crippen LogP contribution < -0.4 is 0 Å². The summed E-state index contributed by atoms with van der Waals surface area (Å²) in [5.74, 6) is 1.90. The zero-order chi connectivity index (χ0) is 9.15. The highest BCUT2D eigenvalue weighted by Gasteiger charge is 2.42. The first-order valence-electron chi connectivity index (χ1n) is 5.93. The van der Waals surface area contributed by atoms with Gasteiger partial charge in [0.15, 0.2) is 0 Å².